The highest BCUT2D eigenvalue weighted by Gasteiger charge is 2.16. The van der Waals surface area contributed by atoms with Gasteiger partial charge in [0.15, 0.2) is 0 Å². The fraction of sp³-hybridized carbons (Fsp3) is 0.333. The van der Waals surface area contributed by atoms with Crippen molar-refractivity contribution in [3.63, 3.8) is 0 Å². The highest BCUT2D eigenvalue weighted by atomic mass is 16.5. The molecule has 1 aliphatic heterocycles. The molecule has 20 heavy (non-hydrogen) atoms. The van der Waals surface area contributed by atoms with Gasteiger partial charge in [0, 0.05) is 18.4 Å². The number of nitrogens with one attached hydrogen (secondary N) is 1. The summed E-state index contributed by atoms with van der Waals surface area (Å²) in [5, 5.41) is 3.30. The monoisotopic (exact) mass is 271 g/mol. The number of hydrogen-bond donors (Lipinski definition) is 1. The third kappa shape index (κ3) is 2.88. The molecule has 1 atom stereocenters. The van der Waals surface area contributed by atoms with Crippen molar-refractivity contribution in [1.82, 2.24) is 9.97 Å². The molecule has 0 aliphatic carbocycles. The fourth-order valence-electron chi connectivity index (χ4n) is 2.18. The van der Waals surface area contributed by atoms with Crippen molar-refractivity contribution in [2.75, 3.05) is 25.6 Å². The fourth-order valence-corrected chi connectivity index (χ4v) is 2.18. The van der Waals surface area contributed by atoms with Gasteiger partial charge in [-0.1, -0.05) is 0 Å². The van der Waals surface area contributed by atoms with Gasteiger partial charge in [-0.2, -0.15) is 0 Å². The van der Waals surface area contributed by atoms with Gasteiger partial charge in [0.25, 0.3) is 0 Å². The van der Waals surface area contributed by atoms with Gasteiger partial charge in [0.1, 0.15) is 5.75 Å². The van der Waals surface area contributed by atoms with Crippen LogP contribution in [0.5, 0.6) is 5.75 Å². The minimum Gasteiger partial charge on any atom is -0.497 e. The number of methoxy groups -OCH3 is 1. The lowest BCUT2D eigenvalue weighted by Crippen LogP contribution is -2.20. The van der Waals surface area contributed by atoms with E-state index in [1.165, 1.54) is 0 Å². The summed E-state index contributed by atoms with van der Waals surface area (Å²) in [6.45, 7) is 1.52. The molecule has 3 rings (SSSR count). The normalized spacial score (nSPS) is 17.9. The summed E-state index contributed by atoms with van der Waals surface area (Å²) in [5.74, 6) is 1.48. The van der Waals surface area contributed by atoms with E-state index in [0.717, 1.165) is 36.6 Å². The first-order valence-corrected chi connectivity index (χ1v) is 6.67. The van der Waals surface area contributed by atoms with Crippen LogP contribution in [0.1, 0.15) is 6.42 Å². The Hall–Kier alpha value is -2.14. The van der Waals surface area contributed by atoms with E-state index in [4.69, 9.17) is 9.47 Å². The number of hydrogen-bond acceptors (Lipinski definition) is 5. The van der Waals surface area contributed by atoms with Crippen LogP contribution in [0.4, 0.5) is 5.95 Å². The quantitative estimate of drug-likeness (QED) is 0.925. The molecule has 1 aliphatic rings. The zero-order valence-electron chi connectivity index (χ0n) is 11.4. The maximum absolute atomic E-state index is 5.34. The summed E-state index contributed by atoms with van der Waals surface area (Å²) in [6, 6.07) is 10.0. The zero-order valence-corrected chi connectivity index (χ0v) is 11.4. The minimum absolute atomic E-state index is 0.307. The maximum Gasteiger partial charge on any atom is 0.223 e. The minimum atomic E-state index is 0.307. The molecule has 2 heterocycles. The van der Waals surface area contributed by atoms with E-state index in [1.807, 2.05) is 30.3 Å². The molecule has 0 saturated carbocycles. The molecule has 0 radical (unpaired) electrons. The molecule has 1 N–H and O–H groups in total. The van der Waals surface area contributed by atoms with Crippen molar-refractivity contribution in [3.8, 4) is 17.0 Å². The van der Waals surface area contributed by atoms with Crippen molar-refractivity contribution in [2.45, 2.75) is 12.5 Å². The van der Waals surface area contributed by atoms with E-state index < -0.39 is 0 Å². The average Bonchev–Trinajstić information content (AvgIpc) is 3.01. The van der Waals surface area contributed by atoms with E-state index in [2.05, 4.69) is 15.3 Å². The van der Waals surface area contributed by atoms with Gasteiger partial charge >= 0.3 is 0 Å². The van der Waals surface area contributed by atoms with Crippen LogP contribution in [0.3, 0.4) is 0 Å². The van der Waals surface area contributed by atoms with Crippen LogP contribution in [0.15, 0.2) is 36.5 Å². The summed E-state index contributed by atoms with van der Waals surface area (Å²) in [5.41, 5.74) is 1.93. The van der Waals surface area contributed by atoms with Gasteiger partial charge < -0.3 is 14.8 Å². The van der Waals surface area contributed by atoms with Crippen molar-refractivity contribution in [3.05, 3.63) is 36.5 Å². The SMILES string of the molecule is COc1ccc(-c2ccnc(N[C@@H]3CCOC3)n2)cc1. The summed E-state index contributed by atoms with van der Waals surface area (Å²) in [6.07, 6.45) is 2.76. The Morgan fingerprint density at radius 3 is 2.80 bits per heavy atom. The predicted octanol–water partition coefficient (Wildman–Crippen LogP) is 2.35. The predicted molar refractivity (Wildman–Crippen MR) is 76.9 cm³/mol. The zero-order chi connectivity index (χ0) is 13.8. The summed E-state index contributed by atoms with van der Waals surface area (Å²) < 4.78 is 10.5. The molecule has 1 saturated heterocycles. The lowest BCUT2D eigenvalue weighted by atomic mass is 10.1. The van der Waals surface area contributed by atoms with E-state index in [9.17, 15) is 0 Å². The van der Waals surface area contributed by atoms with Crippen molar-refractivity contribution in [2.24, 2.45) is 0 Å². The first-order chi connectivity index (χ1) is 9.85. The molecular weight excluding hydrogens is 254 g/mol. The van der Waals surface area contributed by atoms with Crippen LogP contribution in [0, 0.1) is 0 Å². The first kappa shape index (κ1) is 12.9. The highest BCUT2D eigenvalue weighted by Crippen LogP contribution is 2.21. The molecule has 5 nitrogen and oxygen atoms in total. The Morgan fingerprint density at radius 2 is 2.10 bits per heavy atom. The number of nitrogens with zero attached hydrogens (tertiary/aromatic N) is 2. The second-order valence-electron chi connectivity index (χ2n) is 4.70. The van der Waals surface area contributed by atoms with Crippen LogP contribution < -0.4 is 10.1 Å². The molecule has 0 unspecified atom stereocenters. The second kappa shape index (κ2) is 5.88. The number of rotatable bonds is 4. The standard InChI is InChI=1S/C15H17N3O2/c1-19-13-4-2-11(3-5-13)14-6-8-16-15(18-14)17-12-7-9-20-10-12/h2-6,8,12H,7,9-10H2,1H3,(H,16,17,18)/t12-/m1/s1. The molecule has 104 valence electrons. The van der Waals surface area contributed by atoms with Crippen molar-refractivity contribution in [1.29, 1.82) is 0 Å². The molecule has 0 bridgehead atoms. The van der Waals surface area contributed by atoms with Gasteiger partial charge in [0.2, 0.25) is 5.95 Å². The van der Waals surface area contributed by atoms with E-state index in [1.54, 1.807) is 13.3 Å². The van der Waals surface area contributed by atoms with Crippen LogP contribution in [0.2, 0.25) is 0 Å². The van der Waals surface area contributed by atoms with Crippen molar-refractivity contribution < 1.29 is 9.47 Å². The van der Waals surface area contributed by atoms with E-state index in [0.29, 0.717) is 12.0 Å². The van der Waals surface area contributed by atoms with Crippen LogP contribution in [0.25, 0.3) is 11.3 Å². The molecule has 5 heteroatoms. The molecule has 2 aromatic rings. The average molecular weight is 271 g/mol. The summed E-state index contributed by atoms with van der Waals surface area (Å²) >= 11 is 0. The third-order valence-electron chi connectivity index (χ3n) is 3.30. The first-order valence-electron chi connectivity index (χ1n) is 6.67. The smallest absolute Gasteiger partial charge is 0.223 e. The molecule has 1 fully saturated rings. The Labute approximate surface area is 118 Å². The van der Waals surface area contributed by atoms with E-state index >= 15 is 0 Å². The van der Waals surface area contributed by atoms with Gasteiger partial charge in [-0.05, 0) is 36.8 Å². The topological polar surface area (TPSA) is 56.3 Å². The summed E-state index contributed by atoms with van der Waals surface area (Å²) in [4.78, 5) is 8.80. The lowest BCUT2D eigenvalue weighted by Gasteiger charge is -2.11. The van der Waals surface area contributed by atoms with E-state index in [-0.39, 0.29) is 0 Å². The third-order valence-corrected chi connectivity index (χ3v) is 3.30. The number of ether oxygens (including phenoxy) is 2. The molecule has 0 spiro atoms. The maximum atomic E-state index is 5.34. The molecule has 1 aromatic heterocycles. The number of benzene rings is 1. The van der Waals surface area contributed by atoms with Crippen LogP contribution in [-0.4, -0.2) is 36.3 Å². The van der Waals surface area contributed by atoms with Gasteiger partial charge in [-0.15, -0.1) is 0 Å². The lowest BCUT2D eigenvalue weighted by molar-refractivity contribution is 0.195. The summed E-state index contributed by atoms with van der Waals surface area (Å²) in [7, 11) is 1.66. The Bertz CT molecular complexity index is 566. The van der Waals surface area contributed by atoms with Gasteiger partial charge in [-0.3, -0.25) is 0 Å². The Morgan fingerprint density at radius 1 is 1.25 bits per heavy atom. The highest BCUT2D eigenvalue weighted by molar-refractivity contribution is 5.60. The van der Waals surface area contributed by atoms with Gasteiger partial charge in [0.05, 0.1) is 25.5 Å². The largest absolute Gasteiger partial charge is 0.497 e. The number of aromatic nitrogens is 2. The molecule has 0 amide bonds. The second-order valence-corrected chi connectivity index (χ2v) is 4.70. The van der Waals surface area contributed by atoms with Crippen molar-refractivity contribution >= 4 is 5.95 Å². The Kier molecular flexibility index (Phi) is 3.78. The van der Waals surface area contributed by atoms with Gasteiger partial charge in [-0.25, -0.2) is 9.97 Å². The van der Waals surface area contributed by atoms with Crippen LogP contribution >= 0.6 is 0 Å². The van der Waals surface area contributed by atoms with Crippen LogP contribution in [-0.2, 0) is 4.74 Å². The Balaban J connectivity index is 1.78. The number of anilines is 1. The molecular formula is C15H17N3O2. The molecule has 1 aromatic carbocycles.